The van der Waals surface area contributed by atoms with Gasteiger partial charge in [-0.1, -0.05) is 57.9 Å². The van der Waals surface area contributed by atoms with Gasteiger partial charge >= 0.3 is 0 Å². The van der Waals surface area contributed by atoms with Crippen LogP contribution in [0.3, 0.4) is 0 Å². The molecule has 0 aliphatic carbocycles. The normalized spacial score (nSPS) is 13.2. The number of rotatable bonds is 4. The van der Waals surface area contributed by atoms with Gasteiger partial charge in [-0.15, -0.1) is 0 Å². The second kappa shape index (κ2) is 8.55. The molecule has 0 saturated heterocycles. The smallest absolute Gasteiger partial charge is 0.251 e. The van der Waals surface area contributed by atoms with Crippen LogP contribution in [0.4, 0.5) is 0 Å². The van der Waals surface area contributed by atoms with E-state index >= 15 is 0 Å². The lowest BCUT2D eigenvalue weighted by Crippen LogP contribution is -2.41. The molecular formula is C27H22BrClN4O. The maximum Gasteiger partial charge on any atom is 0.251 e. The minimum Gasteiger partial charge on any atom is -0.336 e. The second-order valence-corrected chi connectivity index (χ2v) is 9.75. The Balaban J connectivity index is 1.84. The second-order valence-electron chi connectivity index (χ2n) is 8.40. The number of imidazole rings is 1. The Kier molecular flexibility index (Phi) is 5.68. The van der Waals surface area contributed by atoms with Gasteiger partial charge in [0.1, 0.15) is 5.54 Å². The summed E-state index contributed by atoms with van der Waals surface area (Å²) in [5.74, 6) is 0. The lowest BCUT2D eigenvalue weighted by atomic mass is 9.80. The van der Waals surface area contributed by atoms with Gasteiger partial charge in [-0.25, -0.2) is 4.98 Å². The van der Waals surface area contributed by atoms with Crippen molar-refractivity contribution in [3.05, 3.63) is 122 Å². The molecule has 7 heteroatoms. The minimum atomic E-state index is -0.993. The number of aromatic nitrogens is 3. The molecule has 0 amide bonds. The predicted molar refractivity (Wildman–Crippen MR) is 141 cm³/mol. The fraction of sp³-hybridized carbons (Fsp3) is 0.111. The van der Waals surface area contributed by atoms with Crippen molar-refractivity contribution < 1.29 is 0 Å². The number of aryl methyl sites for hydroxylation is 2. The van der Waals surface area contributed by atoms with Gasteiger partial charge < -0.3 is 14.9 Å². The van der Waals surface area contributed by atoms with Gasteiger partial charge in [-0.2, -0.15) is 0 Å². The molecule has 5 aromatic rings. The predicted octanol–water partition coefficient (Wildman–Crippen LogP) is 5.61. The van der Waals surface area contributed by atoms with E-state index in [9.17, 15) is 4.79 Å². The molecule has 0 aliphatic heterocycles. The zero-order valence-electron chi connectivity index (χ0n) is 18.7. The summed E-state index contributed by atoms with van der Waals surface area (Å²) in [5, 5.41) is 1.57. The van der Waals surface area contributed by atoms with Crippen LogP contribution in [-0.4, -0.2) is 14.1 Å². The number of fused-ring (bicyclic) bond motifs is 1. The van der Waals surface area contributed by atoms with E-state index < -0.39 is 5.54 Å². The lowest BCUT2D eigenvalue weighted by molar-refractivity contribution is 0.596. The van der Waals surface area contributed by atoms with Gasteiger partial charge in [0.25, 0.3) is 5.56 Å². The molecule has 2 aromatic heterocycles. The van der Waals surface area contributed by atoms with E-state index in [1.165, 1.54) is 0 Å². The maximum absolute atomic E-state index is 12.8. The van der Waals surface area contributed by atoms with Gasteiger partial charge in [-0.05, 0) is 58.7 Å². The van der Waals surface area contributed by atoms with Gasteiger partial charge in [0.05, 0.1) is 23.7 Å². The Labute approximate surface area is 210 Å². The highest BCUT2D eigenvalue weighted by Crippen LogP contribution is 2.38. The van der Waals surface area contributed by atoms with E-state index in [0.29, 0.717) is 5.02 Å². The van der Waals surface area contributed by atoms with Crippen molar-refractivity contribution in [2.45, 2.75) is 5.54 Å². The highest BCUT2D eigenvalue weighted by atomic mass is 79.9. The van der Waals surface area contributed by atoms with E-state index in [2.05, 4.69) is 27.0 Å². The molecule has 0 fully saturated rings. The van der Waals surface area contributed by atoms with E-state index in [1.54, 1.807) is 30.2 Å². The SMILES string of the molecule is Cn1cncc1C(N)(c1ccc(Cl)cc1)c1ccc2c(c1)c(-c1cccc(Br)c1)cc(=O)n2C. The van der Waals surface area contributed by atoms with E-state index in [4.69, 9.17) is 17.3 Å². The Morgan fingerprint density at radius 2 is 1.71 bits per heavy atom. The fourth-order valence-corrected chi connectivity index (χ4v) is 5.04. The van der Waals surface area contributed by atoms with Crippen LogP contribution in [0.5, 0.6) is 0 Å². The first kappa shape index (κ1) is 22.6. The Hall–Kier alpha value is -3.19. The first-order valence-electron chi connectivity index (χ1n) is 10.7. The van der Waals surface area contributed by atoms with Crippen molar-refractivity contribution >= 4 is 38.4 Å². The van der Waals surface area contributed by atoms with Crippen molar-refractivity contribution in [1.82, 2.24) is 14.1 Å². The molecule has 3 aromatic carbocycles. The van der Waals surface area contributed by atoms with E-state index in [-0.39, 0.29) is 5.56 Å². The molecule has 5 nitrogen and oxygen atoms in total. The summed E-state index contributed by atoms with van der Waals surface area (Å²) >= 11 is 9.73. The van der Waals surface area contributed by atoms with Gasteiger partial charge in [0.2, 0.25) is 0 Å². The van der Waals surface area contributed by atoms with Crippen molar-refractivity contribution in [3.8, 4) is 11.1 Å². The quantitative estimate of drug-likeness (QED) is 0.327. The zero-order valence-corrected chi connectivity index (χ0v) is 21.0. The highest BCUT2D eigenvalue weighted by Gasteiger charge is 2.35. The summed E-state index contributed by atoms with van der Waals surface area (Å²) in [5.41, 5.74) is 11.4. The largest absolute Gasteiger partial charge is 0.336 e. The standard InChI is InChI=1S/C27H22BrClN4O/c1-32-16-31-15-25(32)27(30,18-6-9-21(29)10-7-18)19-8-11-24-23(13-19)22(14-26(34)33(24)2)17-4-3-5-20(28)12-17/h3-16H,30H2,1-2H3. The topological polar surface area (TPSA) is 65.8 Å². The highest BCUT2D eigenvalue weighted by molar-refractivity contribution is 9.10. The molecule has 0 aliphatic rings. The fourth-order valence-electron chi connectivity index (χ4n) is 4.51. The van der Waals surface area contributed by atoms with Crippen LogP contribution < -0.4 is 11.3 Å². The van der Waals surface area contributed by atoms with Crippen molar-refractivity contribution in [2.75, 3.05) is 0 Å². The molecule has 1 atom stereocenters. The molecule has 0 bridgehead atoms. The van der Waals surface area contributed by atoms with Crippen LogP contribution in [0.15, 0.2) is 94.6 Å². The summed E-state index contributed by atoms with van der Waals surface area (Å²) < 4.78 is 4.53. The Bertz CT molecular complexity index is 1590. The van der Waals surface area contributed by atoms with Crippen LogP contribution in [0.25, 0.3) is 22.0 Å². The monoisotopic (exact) mass is 532 g/mol. The Morgan fingerprint density at radius 3 is 2.38 bits per heavy atom. The first-order valence-corrected chi connectivity index (χ1v) is 11.9. The number of hydrogen-bond donors (Lipinski definition) is 1. The van der Waals surface area contributed by atoms with Gasteiger partial charge in [-0.3, -0.25) is 4.79 Å². The first-order chi connectivity index (χ1) is 16.3. The van der Waals surface area contributed by atoms with Crippen molar-refractivity contribution in [1.29, 1.82) is 0 Å². The third-order valence-corrected chi connectivity index (χ3v) is 7.10. The number of benzene rings is 3. The van der Waals surface area contributed by atoms with Crippen LogP contribution in [0.1, 0.15) is 16.8 Å². The van der Waals surface area contributed by atoms with Crippen molar-refractivity contribution in [2.24, 2.45) is 19.8 Å². The molecule has 0 radical (unpaired) electrons. The van der Waals surface area contributed by atoms with Gasteiger partial charge in [0.15, 0.2) is 0 Å². The Morgan fingerprint density at radius 1 is 0.971 bits per heavy atom. The molecule has 5 rings (SSSR count). The average molecular weight is 534 g/mol. The maximum atomic E-state index is 12.8. The third-order valence-electron chi connectivity index (χ3n) is 6.36. The molecular weight excluding hydrogens is 512 g/mol. The van der Waals surface area contributed by atoms with Crippen LogP contribution in [-0.2, 0) is 19.6 Å². The molecule has 170 valence electrons. The lowest BCUT2D eigenvalue weighted by Gasteiger charge is -2.31. The summed E-state index contributed by atoms with van der Waals surface area (Å²) in [6, 6.07) is 23.2. The summed E-state index contributed by atoms with van der Waals surface area (Å²) in [6.07, 6.45) is 3.53. The molecule has 2 N–H and O–H groups in total. The van der Waals surface area contributed by atoms with Crippen LogP contribution >= 0.6 is 27.5 Å². The number of halogens is 2. The van der Waals surface area contributed by atoms with Crippen LogP contribution in [0.2, 0.25) is 5.02 Å². The molecule has 0 spiro atoms. The van der Waals surface area contributed by atoms with E-state index in [1.807, 2.05) is 72.3 Å². The molecule has 2 heterocycles. The average Bonchev–Trinajstić information content (AvgIpc) is 3.27. The summed E-state index contributed by atoms with van der Waals surface area (Å²) in [7, 11) is 3.71. The molecule has 0 saturated carbocycles. The summed E-state index contributed by atoms with van der Waals surface area (Å²) in [6.45, 7) is 0. The zero-order chi connectivity index (χ0) is 24.0. The molecule has 1 unspecified atom stereocenters. The third kappa shape index (κ3) is 3.68. The summed E-state index contributed by atoms with van der Waals surface area (Å²) in [4.78, 5) is 17.1. The number of pyridine rings is 1. The molecule has 34 heavy (non-hydrogen) atoms. The van der Waals surface area contributed by atoms with Crippen LogP contribution in [0, 0.1) is 0 Å². The number of nitrogens with two attached hydrogens (primary N) is 1. The van der Waals surface area contributed by atoms with Crippen molar-refractivity contribution in [3.63, 3.8) is 0 Å². The van der Waals surface area contributed by atoms with Gasteiger partial charge in [0, 0.05) is 35.0 Å². The van der Waals surface area contributed by atoms with E-state index in [0.717, 1.165) is 43.3 Å². The number of hydrogen-bond acceptors (Lipinski definition) is 3. The number of nitrogens with zero attached hydrogens (tertiary/aromatic N) is 3. The minimum absolute atomic E-state index is 0.0708.